The summed E-state index contributed by atoms with van der Waals surface area (Å²) in [4.78, 5) is 15.5. The average Bonchev–Trinajstić information content (AvgIpc) is 2.41. The fourth-order valence-electron chi connectivity index (χ4n) is 2.43. The van der Waals surface area contributed by atoms with E-state index >= 15 is 0 Å². The second-order valence-corrected chi connectivity index (χ2v) is 5.27. The molecule has 0 atom stereocenters. The Morgan fingerprint density at radius 2 is 1.87 bits per heavy atom. The molecule has 9 heteroatoms. The maximum Gasteiger partial charge on any atom is 0.433 e. The number of aromatic nitrogens is 1. The second kappa shape index (κ2) is 4.77. The van der Waals surface area contributed by atoms with Crippen molar-refractivity contribution >= 4 is 22.6 Å². The number of benzene rings is 1. The van der Waals surface area contributed by atoms with Crippen molar-refractivity contribution in [3.63, 3.8) is 0 Å². The molecule has 3 rings (SSSR count). The summed E-state index contributed by atoms with van der Waals surface area (Å²) in [7, 11) is 0. The topological polar surface area (TPSA) is 53.4 Å². The first kappa shape index (κ1) is 15.4. The highest BCUT2D eigenvalue weighted by molar-refractivity contribution is 5.98. The summed E-state index contributed by atoms with van der Waals surface area (Å²) < 4.78 is 64.8. The lowest BCUT2D eigenvalue weighted by atomic mass is 10.0. The van der Waals surface area contributed by atoms with Crippen molar-refractivity contribution in [2.45, 2.75) is 12.1 Å². The number of fused-ring (bicyclic) bond motifs is 1. The van der Waals surface area contributed by atoms with Gasteiger partial charge in [-0.25, -0.2) is 18.6 Å². The Kier molecular flexibility index (Phi) is 3.20. The summed E-state index contributed by atoms with van der Waals surface area (Å²) in [5, 5.41) is 9.07. The van der Waals surface area contributed by atoms with Crippen LogP contribution in [0.15, 0.2) is 24.3 Å². The van der Waals surface area contributed by atoms with Crippen LogP contribution < -0.4 is 4.90 Å². The number of rotatable bonds is 2. The SMILES string of the molecule is O=C(O)c1ccc2nc(C(F)(F)F)cc(N3CC(F)(F)C3)c2c1. The highest BCUT2D eigenvalue weighted by Gasteiger charge is 2.45. The molecule has 2 aromatic rings. The maximum absolute atomic E-state index is 13.0. The first-order chi connectivity index (χ1) is 10.6. The quantitative estimate of drug-likeness (QED) is 0.857. The van der Waals surface area contributed by atoms with E-state index in [9.17, 15) is 26.7 Å². The molecule has 1 aromatic carbocycles. The first-order valence-corrected chi connectivity index (χ1v) is 6.45. The summed E-state index contributed by atoms with van der Waals surface area (Å²) in [5.41, 5.74) is -1.57. The van der Waals surface area contributed by atoms with Gasteiger partial charge >= 0.3 is 12.1 Å². The molecule has 1 saturated heterocycles. The fraction of sp³-hybridized carbons (Fsp3) is 0.286. The van der Waals surface area contributed by atoms with Gasteiger partial charge in [0.1, 0.15) is 5.69 Å². The lowest BCUT2D eigenvalue weighted by molar-refractivity contribution is -0.140. The zero-order valence-corrected chi connectivity index (χ0v) is 11.4. The second-order valence-electron chi connectivity index (χ2n) is 5.27. The molecule has 0 radical (unpaired) electrons. The van der Waals surface area contributed by atoms with Gasteiger partial charge in [-0.2, -0.15) is 13.2 Å². The number of hydrogen-bond acceptors (Lipinski definition) is 3. The Balaban J connectivity index is 2.19. The van der Waals surface area contributed by atoms with E-state index in [1.807, 2.05) is 0 Å². The summed E-state index contributed by atoms with van der Waals surface area (Å²) in [5.74, 6) is -4.25. The summed E-state index contributed by atoms with van der Waals surface area (Å²) in [6, 6.07) is 4.06. The van der Waals surface area contributed by atoms with Crippen LogP contribution in [0.2, 0.25) is 0 Å². The number of pyridine rings is 1. The van der Waals surface area contributed by atoms with Gasteiger partial charge in [-0.3, -0.25) is 0 Å². The molecule has 1 fully saturated rings. The van der Waals surface area contributed by atoms with Gasteiger partial charge in [-0.1, -0.05) is 0 Å². The van der Waals surface area contributed by atoms with Gasteiger partial charge in [0.2, 0.25) is 0 Å². The van der Waals surface area contributed by atoms with E-state index in [1.54, 1.807) is 0 Å². The largest absolute Gasteiger partial charge is 0.478 e. The normalized spacial score (nSPS) is 17.2. The Hall–Kier alpha value is -2.45. The lowest BCUT2D eigenvalue weighted by Gasteiger charge is -2.41. The highest BCUT2D eigenvalue weighted by Crippen LogP contribution is 2.39. The number of carboxylic acid groups (broad SMARTS) is 1. The third-order valence-corrected chi connectivity index (χ3v) is 3.51. The molecule has 23 heavy (non-hydrogen) atoms. The van der Waals surface area contributed by atoms with Gasteiger partial charge in [0.05, 0.1) is 24.2 Å². The fourth-order valence-corrected chi connectivity index (χ4v) is 2.43. The van der Waals surface area contributed by atoms with Gasteiger partial charge in [-0.15, -0.1) is 0 Å². The minimum Gasteiger partial charge on any atom is -0.478 e. The van der Waals surface area contributed by atoms with Crippen molar-refractivity contribution in [3.8, 4) is 0 Å². The monoisotopic (exact) mass is 332 g/mol. The Bertz CT molecular complexity index is 796. The van der Waals surface area contributed by atoms with Crippen molar-refractivity contribution in [2.75, 3.05) is 18.0 Å². The predicted octanol–water partition coefficient (Wildman–Crippen LogP) is 3.41. The minimum absolute atomic E-state index is 0.0911. The molecule has 1 aliphatic rings. The molecule has 0 amide bonds. The van der Waals surface area contributed by atoms with E-state index in [0.717, 1.165) is 23.1 Å². The predicted molar refractivity (Wildman–Crippen MR) is 70.9 cm³/mol. The molecular weight excluding hydrogens is 323 g/mol. The smallest absolute Gasteiger partial charge is 0.433 e. The Labute approximate surface area is 126 Å². The molecule has 4 nitrogen and oxygen atoms in total. The number of alkyl halides is 5. The standard InChI is InChI=1S/C14H9F5N2O2/c15-13(16)5-21(6-13)10-4-11(14(17,18)19)20-9-2-1-7(12(22)23)3-8(9)10/h1-4H,5-6H2,(H,22,23). The van der Waals surface area contributed by atoms with Crippen LogP contribution in [0.1, 0.15) is 16.1 Å². The van der Waals surface area contributed by atoms with Crippen LogP contribution in [0.5, 0.6) is 0 Å². The first-order valence-electron chi connectivity index (χ1n) is 6.45. The third-order valence-electron chi connectivity index (χ3n) is 3.51. The van der Waals surface area contributed by atoms with Crippen LogP contribution in [0, 0.1) is 0 Å². The molecule has 1 aliphatic heterocycles. The van der Waals surface area contributed by atoms with Crippen LogP contribution in [0.4, 0.5) is 27.6 Å². The van der Waals surface area contributed by atoms with Crippen molar-refractivity contribution < 1.29 is 31.9 Å². The minimum atomic E-state index is -4.73. The number of anilines is 1. The molecule has 0 spiro atoms. The molecule has 0 unspecified atom stereocenters. The Morgan fingerprint density at radius 3 is 2.39 bits per heavy atom. The van der Waals surface area contributed by atoms with Gasteiger partial charge in [0.25, 0.3) is 5.92 Å². The van der Waals surface area contributed by atoms with E-state index in [-0.39, 0.29) is 22.2 Å². The van der Waals surface area contributed by atoms with E-state index < -0.39 is 36.9 Å². The number of carboxylic acids is 1. The third kappa shape index (κ3) is 2.78. The van der Waals surface area contributed by atoms with E-state index in [0.29, 0.717) is 6.07 Å². The van der Waals surface area contributed by atoms with Crippen LogP contribution in [0.25, 0.3) is 10.9 Å². The maximum atomic E-state index is 13.0. The number of aromatic carboxylic acids is 1. The zero-order valence-electron chi connectivity index (χ0n) is 11.4. The van der Waals surface area contributed by atoms with Crippen molar-refractivity contribution in [2.24, 2.45) is 0 Å². The van der Waals surface area contributed by atoms with Crippen LogP contribution in [0.3, 0.4) is 0 Å². The van der Waals surface area contributed by atoms with Gasteiger partial charge < -0.3 is 10.0 Å². The highest BCUT2D eigenvalue weighted by atomic mass is 19.4. The zero-order chi connectivity index (χ0) is 17.0. The van der Waals surface area contributed by atoms with E-state index in [4.69, 9.17) is 5.11 Å². The molecule has 1 aromatic heterocycles. The molecule has 1 N–H and O–H groups in total. The van der Waals surface area contributed by atoms with Crippen molar-refractivity contribution in [1.82, 2.24) is 4.98 Å². The van der Waals surface area contributed by atoms with Crippen molar-refractivity contribution in [3.05, 3.63) is 35.5 Å². The van der Waals surface area contributed by atoms with Crippen LogP contribution >= 0.6 is 0 Å². The Morgan fingerprint density at radius 1 is 1.22 bits per heavy atom. The summed E-state index contributed by atoms with van der Waals surface area (Å²) >= 11 is 0. The van der Waals surface area contributed by atoms with Crippen molar-refractivity contribution in [1.29, 1.82) is 0 Å². The van der Waals surface area contributed by atoms with E-state index in [2.05, 4.69) is 4.98 Å². The van der Waals surface area contributed by atoms with Crippen LogP contribution in [-0.2, 0) is 6.18 Å². The molecule has 0 bridgehead atoms. The summed E-state index contributed by atoms with van der Waals surface area (Å²) in [6.07, 6.45) is -4.73. The average molecular weight is 332 g/mol. The molecular formula is C14H9F5N2O2. The molecule has 122 valence electrons. The number of nitrogens with zero attached hydrogens (tertiary/aromatic N) is 2. The van der Waals surface area contributed by atoms with Gasteiger partial charge in [-0.05, 0) is 24.3 Å². The lowest BCUT2D eigenvalue weighted by Crippen LogP contribution is -2.56. The van der Waals surface area contributed by atoms with E-state index in [1.165, 1.54) is 0 Å². The van der Waals surface area contributed by atoms with Gasteiger partial charge in [0.15, 0.2) is 0 Å². The number of hydrogen-bond donors (Lipinski definition) is 1. The summed E-state index contributed by atoms with van der Waals surface area (Å²) in [6.45, 7) is -1.44. The van der Waals surface area contributed by atoms with Crippen LogP contribution in [-0.4, -0.2) is 35.1 Å². The molecule has 2 heterocycles. The molecule has 0 saturated carbocycles. The number of carbonyl (C=O) groups is 1. The van der Waals surface area contributed by atoms with Gasteiger partial charge in [0, 0.05) is 11.1 Å². The molecule has 0 aliphatic carbocycles. The number of halogens is 5.